The van der Waals surface area contributed by atoms with Crippen LogP contribution in [0.1, 0.15) is 16.8 Å². The molecule has 0 bridgehead atoms. The van der Waals surface area contributed by atoms with Crippen molar-refractivity contribution < 1.29 is 0 Å². The zero-order valence-corrected chi connectivity index (χ0v) is 17.5. The summed E-state index contributed by atoms with van der Waals surface area (Å²) >= 11 is 6.00. The summed E-state index contributed by atoms with van der Waals surface area (Å²) in [7, 11) is 0. The van der Waals surface area contributed by atoms with Gasteiger partial charge in [-0.2, -0.15) is 5.26 Å². The average Bonchev–Trinajstić information content (AvgIpc) is 2.80. The summed E-state index contributed by atoms with van der Waals surface area (Å²) in [4.78, 5) is 9.13. The minimum atomic E-state index is 0.659. The lowest BCUT2D eigenvalue weighted by Crippen LogP contribution is -2.46. The maximum absolute atomic E-state index is 9.54. The van der Waals surface area contributed by atoms with Crippen LogP contribution < -0.4 is 10.2 Å². The normalized spacial score (nSPS) is 14.3. The largest absolute Gasteiger partial charge is 0.379 e. The van der Waals surface area contributed by atoms with Gasteiger partial charge >= 0.3 is 0 Å². The predicted octanol–water partition coefficient (Wildman–Crippen LogP) is 4.54. The third-order valence-electron chi connectivity index (χ3n) is 5.38. The molecule has 0 radical (unpaired) electrons. The molecule has 30 heavy (non-hydrogen) atoms. The maximum atomic E-state index is 9.54. The van der Waals surface area contributed by atoms with Crippen LogP contribution in [0, 0.1) is 11.3 Å². The number of rotatable bonds is 6. The summed E-state index contributed by atoms with van der Waals surface area (Å²) in [5.41, 5.74) is 5.00. The highest BCUT2D eigenvalue weighted by Crippen LogP contribution is 2.22. The highest BCUT2D eigenvalue weighted by Gasteiger charge is 2.18. The minimum absolute atomic E-state index is 0.659. The van der Waals surface area contributed by atoms with Gasteiger partial charge in [0.25, 0.3) is 0 Å². The van der Waals surface area contributed by atoms with E-state index in [4.69, 9.17) is 11.6 Å². The monoisotopic (exact) mass is 417 g/mol. The number of nitrogens with zero attached hydrogens (tertiary/aromatic N) is 4. The summed E-state index contributed by atoms with van der Waals surface area (Å²) in [6, 6.07) is 22.2. The van der Waals surface area contributed by atoms with Crippen molar-refractivity contribution in [1.29, 1.82) is 5.26 Å². The number of hydrogen-bond donors (Lipinski definition) is 1. The van der Waals surface area contributed by atoms with Crippen LogP contribution in [0.15, 0.2) is 66.9 Å². The number of benzene rings is 2. The van der Waals surface area contributed by atoms with E-state index >= 15 is 0 Å². The van der Waals surface area contributed by atoms with Crippen LogP contribution >= 0.6 is 11.6 Å². The van der Waals surface area contributed by atoms with Gasteiger partial charge in [-0.1, -0.05) is 17.7 Å². The summed E-state index contributed by atoms with van der Waals surface area (Å²) in [6.45, 7) is 5.27. The molecule has 152 valence electrons. The molecule has 2 heterocycles. The van der Waals surface area contributed by atoms with Crippen molar-refractivity contribution in [2.45, 2.75) is 13.1 Å². The van der Waals surface area contributed by atoms with Gasteiger partial charge in [0.05, 0.1) is 23.9 Å². The Morgan fingerprint density at radius 2 is 1.80 bits per heavy atom. The third-order valence-corrected chi connectivity index (χ3v) is 5.64. The first kappa shape index (κ1) is 20.2. The van der Waals surface area contributed by atoms with Crippen molar-refractivity contribution in [3.05, 3.63) is 88.7 Å². The molecule has 1 N–H and O–H groups in total. The van der Waals surface area contributed by atoms with Crippen LogP contribution in [0.5, 0.6) is 0 Å². The Bertz CT molecular complexity index is 1010. The lowest BCUT2D eigenvalue weighted by Gasteiger charge is -2.36. The van der Waals surface area contributed by atoms with Crippen LogP contribution in [0.25, 0.3) is 0 Å². The lowest BCUT2D eigenvalue weighted by molar-refractivity contribution is 0.249. The molecule has 1 fully saturated rings. The zero-order valence-electron chi connectivity index (χ0n) is 16.8. The van der Waals surface area contributed by atoms with Gasteiger partial charge in [-0.15, -0.1) is 0 Å². The smallest absolute Gasteiger partial charge is 0.0995 e. The highest BCUT2D eigenvalue weighted by atomic mass is 35.5. The van der Waals surface area contributed by atoms with Crippen LogP contribution in [0.4, 0.5) is 11.4 Å². The molecule has 0 spiro atoms. The van der Waals surface area contributed by atoms with E-state index in [0.717, 1.165) is 60.3 Å². The van der Waals surface area contributed by atoms with E-state index in [1.54, 1.807) is 6.20 Å². The number of aromatic nitrogens is 1. The van der Waals surface area contributed by atoms with Crippen LogP contribution in [0.2, 0.25) is 5.02 Å². The van der Waals surface area contributed by atoms with E-state index in [-0.39, 0.29) is 0 Å². The van der Waals surface area contributed by atoms with Crippen LogP contribution in [-0.4, -0.2) is 36.1 Å². The second kappa shape index (κ2) is 9.62. The number of anilines is 2. The van der Waals surface area contributed by atoms with Gasteiger partial charge in [0.15, 0.2) is 0 Å². The van der Waals surface area contributed by atoms with Gasteiger partial charge < -0.3 is 10.2 Å². The standard InChI is InChI=1S/C24H24ClN5/c25-21-5-8-24(9-6-21)30-13-11-29(12-14-30)18-20-15-22(7-4-19(20)16-26)28-17-23-3-1-2-10-27-23/h1-10,15,28H,11-14,17-18H2. The Morgan fingerprint density at radius 3 is 2.50 bits per heavy atom. The van der Waals surface area contributed by atoms with Crippen molar-refractivity contribution in [2.24, 2.45) is 0 Å². The molecule has 2 aromatic carbocycles. The van der Waals surface area contributed by atoms with Crippen molar-refractivity contribution >= 4 is 23.0 Å². The third kappa shape index (κ3) is 5.10. The molecule has 0 aliphatic carbocycles. The summed E-state index contributed by atoms with van der Waals surface area (Å²) in [5, 5.41) is 13.7. The van der Waals surface area contributed by atoms with Gasteiger partial charge in [0.1, 0.15) is 0 Å². The number of piperazine rings is 1. The molecule has 0 unspecified atom stereocenters. The molecule has 1 aliphatic heterocycles. The molecule has 6 heteroatoms. The molecule has 4 rings (SSSR count). The zero-order chi connectivity index (χ0) is 20.8. The number of nitriles is 1. The number of hydrogen-bond acceptors (Lipinski definition) is 5. The Morgan fingerprint density at radius 1 is 1.00 bits per heavy atom. The molecule has 0 saturated carbocycles. The molecular formula is C24H24ClN5. The molecule has 0 amide bonds. The maximum Gasteiger partial charge on any atom is 0.0995 e. The Hall–Kier alpha value is -3.07. The topological polar surface area (TPSA) is 55.2 Å². The fourth-order valence-electron chi connectivity index (χ4n) is 3.70. The number of nitrogens with one attached hydrogen (secondary N) is 1. The number of halogens is 1. The molecule has 1 aromatic heterocycles. The van der Waals surface area contributed by atoms with E-state index in [1.165, 1.54) is 5.69 Å². The van der Waals surface area contributed by atoms with Crippen molar-refractivity contribution in [3.63, 3.8) is 0 Å². The second-order valence-corrected chi connectivity index (χ2v) is 7.83. The SMILES string of the molecule is N#Cc1ccc(NCc2ccccn2)cc1CN1CCN(c2ccc(Cl)cc2)CC1. The molecule has 3 aromatic rings. The summed E-state index contributed by atoms with van der Waals surface area (Å²) in [6.07, 6.45) is 1.80. The fraction of sp³-hybridized carbons (Fsp3) is 0.250. The highest BCUT2D eigenvalue weighted by molar-refractivity contribution is 6.30. The molecule has 5 nitrogen and oxygen atoms in total. The Kier molecular flexibility index (Phi) is 6.48. The van der Waals surface area contributed by atoms with E-state index in [1.807, 2.05) is 42.5 Å². The lowest BCUT2D eigenvalue weighted by atomic mass is 10.1. The van der Waals surface area contributed by atoms with Crippen molar-refractivity contribution in [3.8, 4) is 6.07 Å². The quantitative estimate of drug-likeness (QED) is 0.638. The molecule has 0 atom stereocenters. The summed E-state index contributed by atoms with van der Waals surface area (Å²) < 4.78 is 0. The average molecular weight is 418 g/mol. The second-order valence-electron chi connectivity index (χ2n) is 7.40. The van der Waals surface area contributed by atoms with Crippen LogP contribution in [-0.2, 0) is 13.1 Å². The van der Waals surface area contributed by atoms with E-state index < -0.39 is 0 Å². The Labute approximate surface area is 182 Å². The molecular weight excluding hydrogens is 394 g/mol. The number of pyridine rings is 1. The first-order valence-electron chi connectivity index (χ1n) is 10.1. The predicted molar refractivity (Wildman–Crippen MR) is 122 cm³/mol. The van der Waals surface area contributed by atoms with Gasteiger partial charge in [-0.05, 0) is 60.2 Å². The summed E-state index contributed by atoms with van der Waals surface area (Å²) in [5.74, 6) is 0. The minimum Gasteiger partial charge on any atom is -0.379 e. The fourth-order valence-corrected chi connectivity index (χ4v) is 3.82. The van der Waals surface area contributed by atoms with E-state index in [0.29, 0.717) is 6.54 Å². The van der Waals surface area contributed by atoms with Gasteiger partial charge in [-0.3, -0.25) is 9.88 Å². The van der Waals surface area contributed by atoms with Gasteiger partial charge in [0.2, 0.25) is 0 Å². The Balaban J connectivity index is 1.37. The first-order chi connectivity index (χ1) is 14.7. The molecule has 1 aliphatic rings. The van der Waals surface area contributed by atoms with E-state index in [2.05, 4.69) is 44.4 Å². The van der Waals surface area contributed by atoms with Crippen molar-refractivity contribution in [1.82, 2.24) is 9.88 Å². The van der Waals surface area contributed by atoms with Crippen LogP contribution in [0.3, 0.4) is 0 Å². The van der Waals surface area contributed by atoms with Crippen molar-refractivity contribution in [2.75, 3.05) is 36.4 Å². The van der Waals surface area contributed by atoms with Gasteiger partial charge in [0, 0.05) is 55.3 Å². The molecule has 1 saturated heterocycles. The first-order valence-corrected chi connectivity index (χ1v) is 10.5. The van der Waals surface area contributed by atoms with Gasteiger partial charge in [-0.25, -0.2) is 0 Å². The van der Waals surface area contributed by atoms with E-state index in [9.17, 15) is 5.26 Å².